The van der Waals surface area contributed by atoms with Gasteiger partial charge < -0.3 is 10.1 Å². The monoisotopic (exact) mass is 304 g/mol. The van der Waals surface area contributed by atoms with Crippen LogP contribution in [0.25, 0.3) is 0 Å². The summed E-state index contributed by atoms with van der Waals surface area (Å²) in [6.07, 6.45) is 0.876. The van der Waals surface area contributed by atoms with Crippen LogP contribution in [-0.2, 0) is 18.4 Å². The number of hydrogen-bond acceptors (Lipinski definition) is 4. The normalized spacial score (nSPS) is 11.7. The van der Waals surface area contributed by atoms with Gasteiger partial charge in [-0.2, -0.15) is 0 Å². The lowest BCUT2D eigenvalue weighted by Gasteiger charge is -2.14. The quantitative estimate of drug-likeness (QED) is 0.913. The molecule has 1 aromatic carbocycles. The number of hydrogen-bond donors (Lipinski definition) is 1. The number of rotatable bonds is 5. The molecular formula is C17H24N2OS. The van der Waals surface area contributed by atoms with Crippen LogP contribution >= 0.6 is 11.3 Å². The van der Waals surface area contributed by atoms with Gasteiger partial charge in [-0.25, -0.2) is 4.98 Å². The first-order chi connectivity index (χ1) is 9.94. The molecule has 21 heavy (non-hydrogen) atoms. The molecule has 0 amide bonds. The van der Waals surface area contributed by atoms with Crippen LogP contribution < -0.4 is 10.1 Å². The number of methoxy groups -OCH3 is 1. The lowest BCUT2D eigenvalue weighted by Crippen LogP contribution is -2.11. The minimum Gasteiger partial charge on any atom is -0.496 e. The minimum atomic E-state index is 0.117. The van der Waals surface area contributed by atoms with Crippen LogP contribution in [0.4, 0.5) is 0 Å². The zero-order valence-corrected chi connectivity index (χ0v) is 14.3. The third-order valence-corrected chi connectivity index (χ3v) is 4.24. The Kier molecular flexibility index (Phi) is 5.01. The molecule has 2 aromatic rings. The van der Waals surface area contributed by atoms with Gasteiger partial charge in [0.25, 0.3) is 0 Å². The van der Waals surface area contributed by atoms with Crippen LogP contribution in [0.2, 0.25) is 0 Å². The molecule has 2 rings (SSSR count). The van der Waals surface area contributed by atoms with Crippen LogP contribution in [0.3, 0.4) is 0 Å². The molecule has 114 valence electrons. The summed E-state index contributed by atoms with van der Waals surface area (Å²) in [6, 6.07) is 6.37. The molecule has 0 fully saturated rings. The predicted octanol–water partition coefficient (Wildman–Crippen LogP) is 3.76. The maximum atomic E-state index is 5.40. The molecule has 1 aromatic heterocycles. The smallest absolute Gasteiger partial charge is 0.123 e. The zero-order valence-electron chi connectivity index (χ0n) is 13.5. The van der Waals surface area contributed by atoms with Gasteiger partial charge in [0.2, 0.25) is 0 Å². The number of nitrogens with one attached hydrogen (secondary N) is 1. The molecule has 4 heteroatoms. The van der Waals surface area contributed by atoms with E-state index in [1.807, 2.05) is 13.1 Å². The van der Waals surface area contributed by atoms with E-state index in [1.165, 1.54) is 21.8 Å². The van der Waals surface area contributed by atoms with Gasteiger partial charge in [0.1, 0.15) is 5.75 Å². The first-order valence-electron chi connectivity index (χ1n) is 7.19. The molecule has 3 nitrogen and oxygen atoms in total. The molecule has 0 saturated carbocycles. The largest absolute Gasteiger partial charge is 0.496 e. The molecule has 0 bridgehead atoms. The van der Waals surface area contributed by atoms with E-state index < -0.39 is 0 Å². The number of aromatic nitrogens is 1. The Morgan fingerprint density at radius 3 is 2.62 bits per heavy atom. The highest BCUT2D eigenvalue weighted by Gasteiger charge is 2.17. The van der Waals surface area contributed by atoms with Crippen LogP contribution in [0.1, 0.15) is 42.6 Å². The van der Waals surface area contributed by atoms with Crippen molar-refractivity contribution in [3.63, 3.8) is 0 Å². The Morgan fingerprint density at radius 1 is 1.29 bits per heavy atom. The van der Waals surface area contributed by atoms with Crippen LogP contribution in [0.5, 0.6) is 5.75 Å². The summed E-state index contributed by atoms with van der Waals surface area (Å²) in [5, 5.41) is 6.52. The van der Waals surface area contributed by atoms with Crippen LogP contribution in [0.15, 0.2) is 23.6 Å². The third-order valence-electron chi connectivity index (χ3n) is 3.39. The fourth-order valence-corrected chi connectivity index (χ4v) is 3.24. The van der Waals surface area contributed by atoms with Crippen LogP contribution in [0, 0.1) is 0 Å². The number of nitrogens with zero attached hydrogens (tertiary/aromatic N) is 1. The topological polar surface area (TPSA) is 34.2 Å². The van der Waals surface area contributed by atoms with Gasteiger partial charge in [0.05, 0.1) is 17.8 Å². The lowest BCUT2D eigenvalue weighted by molar-refractivity contribution is 0.408. The van der Waals surface area contributed by atoms with Gasteiger partial charge in [-0.1, -0.05) is 32.9 Å². The Labute approximate surface area is 131 Å². The van der Waals surface area contributed by atoms with E-state index >= 15 is 0 Å². The van der Waals surface area contributed by atoms with E-state index in [1.54, 1.807) is 18.4 Å². The summed E-state index contributed by atoms with van der Waals surface area (Å²) < 4.78 is 5.40. The molecule has 0 unspecified atom stereocenters. The highest BCUT2D eigenvalue weighted by atomic mass is 32.1. The predicted molar refractivity (Wildman–Crippen MR) is 89.4 cm³/mol. The SMILES string of the molecule is CNCc1cc(Cc2nc(C(C)(C)C)cs2)ccc1OC. The maximum Gasteiger partial charge on any atom is 0.123 e. The van der Waals surface area contributed by atoms with Crippen molar-refractivity contribution in [2.24, 2.45) is 0 Å². The summed E-state index contributed by atoms with van der Waals surface area (Å²) in [7, 11) is 3.66. The van der Waals surface area contributed by atoms with Crippen molar-refractivity contribution in [2.75, 3.05) is 14.2 Å². The Bertz CT molecular complexity index is 599. The van der Waals surface area contributed by atoms with Crippen molar-refractivity contribution in [3.8, 4) is 5.75 Å². The van der Waals surface area contributed by atoms with Crippen molar-refractivity contribution < 1.29 is 4.74 Å². The molecule has 0 aliphatic carbocycles. The lowest BCUT2D eigenvalue weighted by atomic mass is 9.93. The van der Waals surface area contributed by atoms with Crippen molar-refractivity contribution in [1.82, 2.24) is 10.3 Å². The minimum absolute atomic E-state index is 0.117. The standard InChI is InChI=1S/C17H24N2OS/c1-17(2,3)15-11-21-16(19-15)9-12-6-7-14(20-5)13(8-12)10-18-4/h6-8,11,18H,9-10H2,1-5H3. The zero-order chi connectivity index (χ0) is 15.5. The summed E-state index contributed by atoms with van der Waals surface area (Å²) in [5.74, 6) is 0.933. The number of benzene rings is 1. The van der Waals surface area contributed by atoms with E-state index in [-0.39, 0.29) is 5.41 Å². The Balaban J connectivity index is 2.19. The van der Waals surface area contributed by atoms with Gasteiger partial charge in [-0.3, -0.25) is 0 Å². The van der Waals surface area contributed by atoms with Gasteiger partial charge in [-0.15, -0.1) is 11.3 Å². The third kappa shape index (κ3) is 4.05. The maximum absolute atomic E-state index is 5.40. The highest BCUT2D eigenvalue weighted by Crippen LogP contribution is 2.26. The second kappa shape index (κ2) is 6.58. The van der Waals surface area contributed by atoms with Gasteiger partial charge in [0.15, 0.2) is 0 Å². The molecule has 0 atom stereocenters. The molecule has 1 heterocycles. The van der Waals surface area contributed by atoms with Gasteiger partial charge in [-0.05, 0) is 18.7 Å². The fraction of sp³-hybridized carbons (Fsp3) is 0.471. The summed E-state index contributed by atoms with van der Waals surface area (Å²) in [6.45, 7) is 7.40. The molecular weight excluding hydrogens is 280 g/mol. The van der Waals surface area contributed by atoms with Crippen molar-refractivity contribution in [1.29, 1.82) is 0 Å². The van der Waals surface area contributed by atoms with Crippen molar-refractivity contribution in [2.45, 2.75) is 39.2 Å². The van der Waals surface area contributed by atoms with E-state index in [0.717, 1.165) is 18.7 Å². The average molecular weight is 304 g/mol. The summed E-state index contributed by atoms with van der Waals surface area (Å²) in [4.78, 5) is 4.77. The second-order valence-corrected chi connectivity index (χ2v) is 7.17. The summed E-state index contributed by atoms with van der Waals surface area (Å²) in [5.41, 5.74) is 3.75. The molecule has 0 aliphatic heterocycles. The van der Waals surface area contributed by atoms with Crippen molar-refractivity contribution >= 4 is 11.3 Å². The van der Waals surface area contributed by atoms with E-state index in [9.17, 15) is 0 Å². The van der Waals surface area contributed by atoms with Gasteiger partial charge in [0, 0.05) is 29.3 Å². The first kappa shape index (κ1) is 16.0. The molecule has 0 aliphatic rings. The Morgan fingerprint density at radius 2 is 2.05 bits per heavy atom. The highest BCUT2D eigenvalue weighted by molar-refractivity contribution is 7.09. The van der Waals surface area contributed by atoms with Gasteiger partial charge >= 0.3 is 0 Å². The van der Waals surface area contributed by atoms with Crippen molar-refractivity contribution in [3.05, 3.63) is 45.4 Å². The number of ether oxygens (including phenoxy) is 1. The first-order valence-corrected chi connectivity index (χ1v) is 8.07. The molecule has 1 N–H and O–H groups in total. The molecule has 0 spiro atoms. The Hall–Kier alpha value is -1.39. The summed E-state index contributed by atoms with van der Waals surface area (Å²) >= 11 is 1.74. The molecule has 0 saturated heterocycles. The molecule has 0 radical (unpaired) electrons. The average Bonchev–Trinajstić information content (AvgIpc) is 2.88. The second-order valence-electron chi connectivity index (χ2n) is 6.23. The van der Waals surface area contributed by atoms with E-state index in [2.05, 4.69) is 43.6 Å². The van der Waals surface area contributed by atoms with Crippen LogP contribution in [-0.4, -0.2) is 19.1 Å². The van der Waals surface area contributed by atoms with E-state index in [4.69, 9.17) is 9.72 Å². The number of thiazole rings is 1. The van der Waals surface area contributed by atoms with E-state index in [0.29, 0.717) is 0 Å². The fourth-order valence-electron chi connectivity index (χ4n) is 2.18.